The summed E-state index contributed by atoms with van der Waals surface area (Å²) < 4.78 is 0. The number of carbonyl (C=O) groups is 5. The van der Waals surface area contributed by atoms with Gasteiger partial charge < -0.3 is 47.7 Å². The normalized spacial score (nSPS) is 15.4. The van der Waals surface area contributed by atoms with Crippen LogP contribution in [0.15, 0.2) is 12.5 Å². The fourth-order valence-corrected chi connectivity index (χ4v) is 2.67. The van der Waals surface area contributed by atoms with Gasteiger partial charge in [-0.3, -0.25) is 19.2 Å². The Labute approximate surface area is 188 Å². The molecule has 0 fully saturated rings. The van der Waals surface area contributed by atoms with Gasteiger partial charge in [0.15, 0.2) is 0 Å². The molecule has 5 unspecified atom stereocenters. The van der Waals surface area contributed by atoms with E-state index >= 15 is 0 Å². The van der Waals surface area contributed by atoms with E-state index in [1.165, 1.54) is 19.4 Å². The lowest BCUT2D eigenvalue weighted by Gasteiger charge is -2.26. The lowest BCUT2D eigenvalue weighted by molar-refractivity contribution is -0.143. The van der Waals surface area contributed by atoms with Gasteiger partial charge in [0, 0.05) is 24.7 Å². The zero-order chi connectivity index (χ0) is 25.1. The Morgan fingerprint density at radius 1 is 1.09 bits per heavy atom. The maximum Gasteiger partial charge on any atom is 0.328 e. The molecule has 0 spiro atoms. The number of carbonyl (C=O) groups excluding carboxylic acids is 4. The number of imidazole rings is 1. The maximum absolute atomic E-state index is 12.7. The second-order valence-electron chi connectivity index (χ2n) is 7.26. The zero-order valence-corrected chi connectivity index (χ0v) is 17.9. The molecule has 0 saturated carbocycles. The number of rotatable bonds is 14. The molecule has 33 heavy (non-hydrogen) atoms. The molecule has 0 saturated heterocycles. The van der Waals surface area contributed by atoms with Gasteiger partial charge in [0.05, 0.1) is 25.1 Å². The van der Waals surface area contributed by atoms with E-state index in [0.29, 0.717) is 5.69 Å². The summed E-state index contributed by atoms with van der Waals surface area (Å²) in [5.74, 6) is -5.09. The fraction of sp³-hybridized carbons (Fsp3) is 0.556. The fourth-order valence-electron chi connectivity index (χ4n) is 2.67. The first-order chi connectivity index (χ1) is 15.5. The van der Waals surface area contributed by atoms with Crippen molar-refractivity contribution in [1.29, 1.82) is 0 Å². The van der Waals surface area contributed by atoms with Crippen LogP contribution in [0.5, 0.6) is 0 Å². The number of hydrogen-bond donors (Lipinski definition) is 9. The van der Waals surface area contributed by atoms with Gasteiger partial charge in [-0.15, -0.1) is 0 Å². The van der Waals surface area contributed by atoms with Crippen molar-refractivity contribution >= 4 is 29.6 Å². The van der Waals surface area contributed by atoms with Crippen LogP contribution in [0.4, 0.5) is 0 Å². The van der Waals surface area contributed by atoms with Crippen LogP contribution in [0.2, 0.25) is 0 Å². The molecule has 1 aromatic heterocycles. The SMILES string of the molecule is CC(O)C(NC(=O)C(N)Cc1cnc[nH]1)C(=O)NC(CCC(N)=O)C(=O)NC(CO)C(=O)O. The number of aliphatic hydroxyl groups is 2. The van der Waals surface area contributed by atoms with Crippen molar-refractivity contribution < 1.29 is 39.3 Å². The predicted molar refractivity (Wildman–Crippen MR) is 111 cm³/mol. The van der Waals surface area contributed by atoms with Crippen LogP contribution in [-0.2, 0) is 30.4 Å². The molecule has 0 aliphatic rings. The van der Waals surface area contributed by atoms with Gasteiger partial charge in [-0.25, -0.2) is 9.78 Å². The van der Waals surface area contributed by atoms with Crippen LogP contribution in [0.25, 0.3) is 0 Å². The summed E-state index contributed by atoms with van der Waals surface area (Å²) in [6.45, 7) is 0.299. The minimum Gasteiger partial charge on any atom is -0.480 e. The van der Waals surface area contributed by atoms with Crippen LogP contribution in [0.1, 0.15) is 25.5 Å². The molecule has 0 aliphatic carbocycles. The summed E-state index contributed by atoms with van der Waals surface area (Å²) in [5, 5.41) is 34.6. The van der Waals surface area contributed by atoms with Crippen LogP contribution >= 0.6 is 0 Å². The number of aliphatic carboxylic acids is 1. The minimum absolute atomic E-state index is 0.0708. The number of amides is 4. The molecule has 4 amide bonds. The van der Waals surface area contributed by atoms with Crippen molar-refractivity contribution in [2.24, 2.45) is 11.5 Å². The van der Waals surface area contributed by atoms with Crippen LogP contribution in [-0.4, -0.2) is 91.8 Å². The summed E-state index contributed by atoms with van der Waals surface area (Å²) in [5.41, 5.74) is 11.5. The maximum atomic E-state index is 12.7. The number of primary amides is 1. The van der Waals surface area contributed by atoms with Crippen molar-refractivity contribution in [2.45, 2.75) is 56.5 Å². The monoisotopic (exact) mass is 471 g/mol. The lowest BCUT2D eigenvalue weighted by atomic mass is 10.1. The average Bonchev–Trinajstić information content (AvgIpc) is 3.24. The van der Waals surface area contributed by atoms with E-state index in [4.69, 9.17) is 21.7 Å². The molecule has 0 radical (unpaired) electrons. The molecule has 0 aliphatic heterocycles. The van der Waals surface area contributed by atoms with Crippen molar-refractivity contribution in [2.75, 3.05) is 6.61 Å². The quantitative estimate of drug-likeness (QED) is 0.125. The lowest BCUT2D eigenvalue weighted by Crippen LogP contribution is -2.60. The summed E-state index contributed by atoms with van der Waals surface area (Å²) in [6.07, 6.45) is 0.888. The molecular weight excluding hydrogens is 442 g/mol. The van der Waals surface area contributed by atoms with E-state index in [2.05, 4.69) is 20.6 Å². The molecule has 0 bridgehead atoms. The van der Waals surface area contributed by atoms with Gasteiger partial charge in [-0.05, 0) is 13.3 Å². The smallest absolute Gasteiger partial charge is 0.328 e. The highest BCUT2D eigenvalue weighted by Gasteiger charge is 2.32. The van der Waals surface area contributed by atoms with Gasteiger partial charge in [0.1, 0.15) is 18.1 Å². The second-order valence-corrected chi connectivity index (χ2v) is 7.26. The summed E-state index contributed by atoms with van der Waals surface area (Å²) in [6, 6.07) is -5.72. The predicted octanol–water partition coefficient (Wildman–Crippen LogP) is -4.54. The molecule has 0 aromatic carbocycles. The first-order valence-corrected chi connectivity index (χ1v) is 9.90. The molecule has 1 rings (SSSR count). The summed E-state index contributed by atoms with van der Waals surface area (Å²) in [7, 11) is 0. The van der Waals surface area contributed by atoms with E-state index in [1.54, 1.807) is 0 Å². The highest BCUT2D eigenvalue weighted by Crippen LogP contribution is 2.03. The number of H-pyrrole nitrogens is 1. The van der Waals surface area contributed by atoms with E-state index in [1.807, 2.05) is 5.32 Å². The van der Waals surface area contributed by atoms with E-state index in [9.17, 15) is 29.1 Å². The number of hydrogen-bond acceptors (Lipinski definition) is 9. The standard InChI is InChI=1S/C18H29N7O8/c1-8(27)14(25-15(29)10(19)4-9-5-21-7-22-9)17(31)23-11(2-3-13(20)28)16(30)24-12(6-26)18(32)33/h5,7-8,10-12,14,26-27H,2-4,6,19H2,1H3,(H2,20,28)(H,21,22)(H,23,31)(H,24,30)(H,25,29)(H,32,33). The summed E-state index contributed by atoms with van der Waals surface area (Å²) >= 11 is 0. The molecule has 15 heteroatoms. The number of aromatic amines is 1. The number of carboxylic acid groups (broad SMARTS) is 1. The number of aromatic nitrogens is 2. The number of nitrogens with two attached hydrogens (primary N) is 2. The Morgan fingerprint density at radius 3 is 2.21 bits per heavy atom. The van der Waals surface area contributed by atoms with Gasteiger partial charge in [-0.2, -0.15) is 0 Å². The van der Waals surface area contributed by atoms with Crippen molar-refractivity contribution in [1.82, 2.24) is 25.9 Å². The molecule has 11 N–H and O–H groups in total. The van der Waals surface area contributed by atoms with Crippen LogP contribution in [0, 0.1) is 0 Å². The van der Waals surface area contributed by atoms with Gasteiger partial charge in [0.25, 0.3) is 0 Å². The number of aliphatic hydroxyl groups excluding tert-OH is 2. The third kappa shape index (κ3) is 9.22. The molecule has 5 atom stereocenters. The Bertz CT molecular complexity index is 830. The number of nitrogens with zero attached hydrogens (tertiary/aromatic N) is 1. The molecule has 1 aromatic rings. The van der Waals surface area contributed by atoms with E-state index < -0.39 is 66.5 Å². The molecular formula is C18H29N7O8. The molecule has 15 nitrogen and oxygen atoms in total. The Kier molecular flexibility index (Phi) is 10.9. The van der Waals surface area contributed by atoms with E-state index in [0.717, 1.165) is 0 Å². The van der Waals surface area contributed by atoms with Crippen molar-refractivity contribution in [3.8, 4) is 0 Å². The zero-order valence-electron chi connectivity index (χ0n) is 17.9. The van der Waals surface area contributed by atoms with Crippen LogP contribution < -0.4 is 27.4 Å². The van der Waals surface area contributed by atoms with Gasteiger partial charge in [-0.1, -0.05) is 0 Å². The topological polar surface area (TPSA) is 263 Å². The van der Waals surface area contributed by atoms with Crippen LogP contribution in [0.3, 0.4) is 0 Å². The highest BCUT2D eigenvalue weighted by atomic mass is 16.4. The third-order valence-corrected chi connectivity index (χ3v) is 4.50. The van der Waals surface area contributed by atoms with Crippen molar-refractivity contribution in [3.05, 3.63) is 18.2 Å². The molecule has 1 heterocycles. The first kappa shape index (κ1) is 27.5. The molecule has 184 valence electrons. The number of nitrogens with one attached hydrogen (secondary N) is 4. The van der Waals surface area contributed by atoms with Gasteiger partial charge >= 0.3 is 5.97 Å². The largest absolute Gasteiger partial charge is 0.480 e. The Balaban J connectivity index is 2.89. The summed E-state index contributed by atoms with van der Waals surface area (Å²) in [4.78, 5) is 66.2. The first-order valence-electron chi connectivity index (χ1n) is 9.90. The Morgan fingerprint density at radius 2 is 1.73 bits per heavy atom. The van der Waals surface area contributed by atoms with Gasteiger partial charge in [0.2, 0.25) is 23.6 Å². The highest BCUT2D eigenvalue weighted by molar-refractivity contribution is 5.94. The number of carboxylic acids is 1. The van der Waals surface area contributed by atoms with Crippen molar-refractivity contribution in [3.63, 3.8) is 0 Å². The van der Waals surface area contributed by atoms with E-state index in [-0.39, 0.29) is 19.3 Å². The minimum atomic E-state index is -1.65. The average molecular weight is 471 g/mol. The third-order valence-electron chi connectivity index (χ3n) is 4.50. The Hall–Kier alpha value is -3.56. The second kappa shape index (κ2) is 13.1.